The average Bonchev–Trinajstić information content (AvgIpc) is 3.72. The molecule has 39 heavy (non-hydrogen) atoms. The SMILES string of the molecule is CC(C)(C)c1cc(C23CC4CC(CC(C4)C2CP)C3)c(C(P)(c2cc[nH]c2)c2cc[nH]c2)[cH-]1.[Fe+2].c1cc[cH-]c1. The Balaban J connectivity index is 0.000000464. The van der Waals surface area contributed by atoms with Gasteiger partial charge in [0.25, 0.3) is 0 Å². The molecule has 8 rings (SSSR count). The number of H-pyrrole nitrogens is 2. The van der Waals surface area contributed by atoms with Crippen molar-refractivity contribution in [3.63, 3.8) is 0 Å². The zero-order valence-electron chi connectivity index (χ0n) is 23.6. The van der Waals surface area contributed by atoms with Crippen molar-refractivity contribution in [1.29, 1.82) is 0 Å². The van der Waals surface area contributed by atoms with Gasteiger partial charge < -0.3 is 9.97 Å². The number of hydrogen-bond donors (Lipinski definition) is 2. The van der Waals surface area contributed by atoms with Gasteiger partial charge in [-0.1, -0.05) is 39.0 Å². The summed E-state index contributed by atoms with van der Waals surface area (Å²) in [7, 11) is 6.47. The van der Waals surface area contributed by atoms with Gasteiger partial charge in [0, 0.05) is 29.9 Å². The van der Waals surface area contributed by atoms with Crippen molar-refractivity contribution in [2.24, 2.45) is 23.7 Å². The molecule has 4 aliphatic rings. The molecule has 2 aromatic heterocycles. The van der Waals surface area contributed by atoms with E-state index in [0.29, 0.717) is 5.41 Å². The van der Waals surface area contributed by atoms with Crippen LogP contribution in [0.15, 0.2) is 79.4 Å². The van der Waals surface area contributed by atoms with Crippen LogP contribution in [0.3, 0.4) is 0 Å². The Morgan fingerprint density at radius 2 is 1.54 bits per heavy atom. The normalized spacial score (nSPS) is 27.6. The Hall–Kier alpha value is -1.36. The molecular formula is C34H44FeN2P2. The van der Waals surface area contributed by atoms with E-state index >= 15 is 0 Å². The van der Waals surface area contributed by atoms with Gasteiger partial charge in [0.1, 0.15) is 0 Å². The summed E-state index contributed by atoms with van der Waals surface area (Å²) >= 11 is 0. The van der Waals surface area contributed by atoms with E-state index in [1.165, 1.54) is 60.5 Å². The number of nitrogens with one attached hydrogen (secondary N) is 2. The predicted molar refractivity (Wildman–Crippen MR) is 167 cm³/mol. The van der Waals surface area contributed by atoms with E-state index in [1.54, 1.807) is 5.56 Å². The minimum absolute atomic E-state index is 0. The summed E-state index contributed by atoms with van der Waals surface area (Å²) in [6.07, 6.45) is 17.0. The molecule has 2 N–H and O–H groups in total. The molecular weight excluding hydrogens is 554 g/mol. The van der Waals surface area contributed by atoms with E-state index in [9.17, 15) is 0 Å². The van der Waals surface area contributed by atoms with Crippen molar-refractivity contribution in [3.05, 3.63) is 107 Å². The molecule has 4 aromatic rings. The Morgan fingerprint density at radius 1 is 0.949 bits per heavy atom. The molecule has 0 radical (unpaired) electrons. The Morgan fingerprint density at radius 3 is 1.97 bits per heavy atom. The van der Waals surface area contributed by atoms with Crippen LogP contribution in [-0.2, 0) is 33.1 Å². The van der Waals surface area contributed by atoms with Gasteiger partial charge in [0.2, 0.25) is 0 Å². The van der Waals surface area contributed by atoms with Gasteiger partial charge in [-0.2, -0.15) is 35.4 Å². The largest absolute Gasteiger partial charge is 2.00 e. The molecule has 0 aliphatic heterocycles. The summed E-state index contributed by atoms with van der Waals surface area (Å²) in [6, 6.07) is 19.7. The monoisotopic (exact) mass is 598 g/mol. The predicted octanol–water partition coefficient (Wildman–Crippen LogP) is 8.50. The maximum absolute atomic E-state index is 3.35. The fourth-order valence-electron chi connectivity index (χ4n) is 8.60. The molecule has 208 valence electrons. The molecule has 2 nitrogen and oxygen atoms in total. The van der Waals surface area contributed by atoms with Gasteiger partial charge in [-0.15, -0.1) is 24.0 Å². The second-order valence-electron chi connectivity index (χ2n) is 13.4. The summed E-state index contributed by atoms with van der Waals surface area (Å²) in [5, 5.41) is -0.256. The van der Waals surface area contributed by atoms with E-state index in [-0.39, 0.29) is 27.6 Å². The van der Waals surface area contributed by atoms with Crippen molar-refractivity contribution in [2.75, 3.05) is 6.16 Å². The van der Waals surface area contributed by atoms with Crippen molar-refractivity contribution >= 4 is 18.5 Å². The first-order valence-corrected chi connectivity index (χ1v) is 15.9. The first-order chi connectivity index (χ1) is 18.3. The molecule has 4 aliphatic carbocycles. The standard InChI is InChI=1S/C29H39N2P2.C5H5.Fe/c1-27(2,3)23-11-24(28-13-18-8-19(14-28)10-20(9-18)26(28)17-32)25(12-23)29(33,21-4-6-30-15-21)22-5-7-31-16-22;1-2-4-5-3-1;/h4-7,11-12,15-16,18-20,26,30-31H,8-10,13-14,17,32-33H2,1-3H3;1-5H;/q2*-1;+2. The Bertz CT molecular complexity index is 1240. The number of aromatic amines is 2. The third-order valence-electron chi connectivity index (χ3n) is 10.2. The van der Waals surface area contributed by atoms with Gasteiger partial charge >= 0.3 is 17.1 Å². The summed E-state index contributed by atoms with van der Waals surface area (Å²) in [5.41, 5.74) is 7.78. The van der Waals surface area contributed by atoms with Crippen molar-refractivity contribution in [3.8, 4) is 0 Å². The molecule has 0 amide bonds. The van der Waals surface area contributed by atoms with E-state index in [4.69, 9.17) is 0 Å². The number of hydrogen-bond acceptors (Lipinski definition) is 0. The fraction of sp³-hybridized carbons (Fsp3) is 0.471. The van der Waals surface area contributed by atoms with Crippen LogP contribution in [0.25, 0.3) is 0 Å². The number of aromatic nitrogens is 2. The van der Waals surface area contributed by atoms with E-state index in [1.807, 2.05) is 30.3 Å². The maximum Gasteiger partial charge on any atom is 2.00 e. The van der Waals surface area contributed by atoms with Crippen molar-refractivity contribution < 1.29 is 17.1 Å². The summed E-state index contributed by atoms with van der Waals surface area (Å²) in [4.78, 5) is 6.70. The van der Waals surface area contributed by atoms with Crippen LogP contribution in [0.5, 0.6) is 0 Å². The average molecular weight is 599 g/mol. The van der Waals surface area contributed by atoms with Crippen molar-refractivity contribution in [1.82, 2.24) is 9.97 Å². The molecule has 0 spiro atoms. The molecule has 2 aromatic carbocycles. The van der Waals surface area contributed by atoms with E-state index in [0.717, 1.165) is 23.7 Å². The molecule has 5 heteroatoms. The molecule has 5 atom stereocenters. The van der Waals surface area contributed by atoms with E-state index in [2.05, 4.69) is 98.3 Å². The quantitative estimate of drug-likeness (QED) is 0.131. The zero-order valence-corrected chi connectivity index (χ0v) is 27.0. The van der Waals surface area contributed by atoms with Gasteiger partial charge in [0.05, 0.1) is 0 Å². The molecule has 0 saturated heterocycles. The molecule has 4 bridgehead atoms. The molecule has 2 heterocycles. The van der Waals surface area contributed by atoms with Gasteiger partial charge in [-0.05, 0) is 77.8 Å². The summed E-state index contributed by atoms with van der Waals surface area (Å²) < 4.78 is 0. The van der Waals surface area contributed by atoms with Crippen molar-refractivity contribution in [2.45, 2.75) is 68.9 Å². The minimum atomic E-state index is -0.256. The summed E-state index contributed by atoms with van der Waals surface area (Å²) in [6.45, 7) is 7.12. The van der Waals surface area contributed by atoms with Gasteiger partial charge in [-0.25, -0.2) is 18.2 Å². The first-order valence-electron chi connectivity index (χ1n) is 14.5. The van der Waals surface area contributed by atoms with Crippen LogP contribution in [0.1, 0.15) is 80.7 Å². The first kappa shape index (κ1) is 29.1. The van der Waals surface area contributed by atoms with Crippen LogP contribution >= 0.6 is 18.5 Å². The second kappa shape index (κ2) is 11.1. The van der Waals surface area contributed by atoms with Gasteiger partial charge in [-0.3, -0.25) is 0 Å². The Kier molecular flexibility index (Phi) is 8.32. The molecule has 4 fully saturated rings. The Labute approximate surface area is 250 Å². The minimum Gasteiger partial charge on any atom is -0.367 e. The fourth-order valence-corrected chi connectivity index (χ4v) is 10.0. The maximum atomic E-state index is 3.35. The topological polar surface area (TPSA) is 31.6 Å². The van der Waals surface area contributed by atoms with Gasteiger partial charge in [0.15, 0.2) is 0 Å². The third kappa shape index (κ3) is 5.01. The van der Waals surface area contributed by atoms with Crippen LogP contribution in [0.4, 0.5) is 0 Å². The van der Waals surface area contributed by atoms with E-state index < -0.39 is 0 Å². The summed E-state index contributed by atoms with van der Waals surface area (Å²) in [5.74, 6) is 3.55. The smallest absolute Gasteiger partial charge is 0.367 e. The number of rotatable bonds is 5. The van der Waals surface area contributed by atoms with Crippen LogP contribution in [-0.4, -0.2) is 16.1 Å². The van der Waals surface area contributed by atoms with Crippen LogP contribution in [0.2, 0.25) is 0 Å². The second-order valence-corrected chi connectivity index (χ2v) is 14.7. The molecule has 4 saturated carbocycles. The van der Waals surface area contributed by atoms with Crippen LogP contribution in [0, 0.1) is 23.7 Å². The van der Waals surface area contributed by atoms with Crippen LogP contribution < -0.4 is 0 Å². The zero-order chi connectivity index (χ0) is 26.5. The third-order valence-corrected chi connectivity index (χ3v) is 11.6. The molecule has 5 unspecified atom stereocenters.